The summed E-state index contributed by atoms with van der Waals surface area (Å²) in [6.45, 7) is 0.527. The van der Waals surface area contributed by atoms with Gasteiger partial charge >= 0.3 is 0 Å². The van der Waals surface area contributed by atoms with E-state index in [0.29, 0.717) is 12.1 Å². The van der Waals surface area contributed by atoms with E-state index in [9.17, 15) is 4.79 Å². The molecule has 0 unspecified atom stereocenters. The van der Waals surface area contributed by atoms with Gasteiger partial charge in [0.15, 0.2) is 0 Å². The van der Waals surface area contributed by atoms with E-state index < -0.39 is 0 Å². The minimum absolute atomic E-state index is 0.0238. The molecule has 0 aliphatic rings. The monoisotopic (exact) mass is 255 g/mol. The molecule has 0 saturated heterocycles. The van der Waals surface area contributed by atoms with Gasteiger partial charge in [-0.3, -0.25) is 15.0 Å². The predicted octanol–water partition coefficient (Wildman–Crippen LogP) is 1.56. The Morgan fingerprint density at radius 3 is 3.00 bits per heavy atom. The Labute approximate surface area is 109 Å². The fourth-order valence-corrected chi connectivity index (χ4v) is 2.01. The molecule has 19 heavy (non-hydrogen) atoms. The molecule has 2 aromatic heterocycles. The Bertz CT molecular complexity index is 701. The first-order valence-corrected chi connectivity index (χ1v) is 5.90. The molecule has 1 aromatic carbocycles. The number of carbonyl (C=O) groups is 1. The van der Waals surface area contributed by atoms with Gasteiger partial charge < -0.3 is 4.90 Å². The molecule has 96 valence electrons. The van der Waals surface area contributed by atoms with Crippen molar-refractivity contribution in [3.63, 3.8) is 0 Å². The van der Waals surface area contributed by atoms with Crippen LogP contribution in [0.1, 0.15) is 15.9 Å². The lowest BCUT2D eigenvalue weighted by Gasteiger charge is -2.16. The maximum Gasteiger partial charge on any atom is 0.253 e. The van der Waals surface area contributed by atoms with Crippen LogP contribution in [-0.2, 0) is 6.54 Å². The standard InChI is InChI=1S/C13H13N5O/c1-18(8-9-5-14-15-6-9)13(19)10-2-3-12-11(4-10)7-16-17-12/h2-7H,8H2,1H3,(H,14,15)(H,16,17). The number of carbonyl (C=O) groups excluding carboxylic acids is 1. The Kier molecular flexibility index (Phi) is 2.75. The van der Waals surface area contributed by atoms with Gasteiger partial charge in [-0.05, 0) is 18.2 Å². The topological polar surface area (TPSA) is 77.7 Å². The van der Waals surface area contributed by atoms with Crippen LogP contribution in [0.5, 0.6) is 0 Å². The summed E-state index contributed by atoms with van der Waals surface area (Å²) >= 11 is 0. The van der Waals surface area contributed by atoms with Crippen LogP contribution in [0, 0.1) is 0 Å². The molecule has 0 fully saturated rings. The molecule has 2 N–H and O–H groups in total. The summed E-state index contributed by atoms with van der Waals surface area (Å²) in [5, 5.41) is 14.3. The van der Waals surface area contributed by atoms with Crippen molar-refractivity contribution in [2.24, 2.45) is 0 Å². The normalized spacial score (nSPS) is 10.8. The van der Waals surface area contributed by atoms with Crippen molar-refractivity contribution in [1.29, 1.82) is 0 Å². The first-order valence-electron chi connectivity index (χ1n) is 5.90. The quantitative estimate of drug-likeness (QED) is 0.745. The molecule has 1 amide bonds. The number of rotatable bonds is 3. The maximum absolute atomic E-state index is 12.3. The zero-order valence-electron chi connectivity index (χ0n) is 10.4. The van der Waals surface area contributed by atoms with Crippen LogP contribution in [-0.4, -0.2) is 38.2 Å². The molecule has 2 heterocycles. The number of nitrogens with one attached hydrogen (secondary N) is 2. The second kappa shape index (κ2) is 4.56. The van der Waals surface area contributed by atoms with Crippen molar-refractivity contribution >= 4 is 16.8 Å². The third kappa shape index (κ3) is 2.20. The fraction of sp³-hybridized carbons (Fsp3) is 0.154. The van der Waals surface area contributed by atoms with E-state index >= 15 is 0 Å². The fourth-order valence-electron chi connectivity index (χ4n) is 2.01. The highest BCUT2D eigenvalue weighted by molar-refractivity contribution is 5.97. The van der Waals surface area contributed by atoms with Gasteiger partial charge in [0, 0.05) is 36.3 Å². The average molecular weight is 255 g/mol. The van der Waals surface area contributed by atoms with Crippen molar-refractivity contribution in [2.75, 3.05) is 7.05 Å². The number of aromatic amines is 2. The minimum Gasteiger partial charge on any atom is -0.337 e. The van der Waals surface area contributed by atoms with Gasteiger partial charge in [-0.2, -0.15) is 10.2 Å². The first-order chi connectivity index (χ1) is 9.24. The average Bonchev–Trinajstić information content (AvgIpc) is 3.07. The number of nitrogens with zero attached hydrogens (tertiary/aromatic N) is 3. The molecule has 0 bridgehead atoms. The molecule has 3 aromatic rings. The van der Waals surface area contributed by atoms with Gasteiger partial charge in [-0.1, -0.05) is 0 Å². The molecule has 6 nitrogen and oxygen atoms in total. The van der Waals surface area contributed by atoms with Crippen LogP contribution in [0.15, 0.2) is 36.8 Å². The van der Waals surface area contributed by atoms with Crippen LogP contribution in [0.25, 0.3) is 10.9 Å². The molecule has 0 spiro atoms. The molecule has 0 radical (unpaired) electrons. The predicted molar refractivity (Wildman–Crippen MR) is 70.5 cm³/mol. The van der Waals surface area contributed by atoms with Gasteiger partial charge in [0.2, 0.25) is 0 Å². The van der Waals surface area contributed by atoms with E-state index in [1.807, 2.05) is 12.1 Å². The highest BCUT2D eigenvalue weighted by Crippen LogP contribution is 2.15. The van der Waals surface area contributed by atoms with Gasteiger partial charge in [-0.15, -0.1) is 0 Å². The highest BCUT2D eigenvalue weighted by atomic mass is 16.2. The summed E-state index contributed by atoms with van der Waals surface area (Å²) in [4.78, 5) is 14.0. The van der Waals surface area contributed by atoms with E-state index in [0.717, 1.165) is 16.5 Å². The summed E-state index contributed by atoms with van der Waals surface area (Å²) in [6, 6.07) is 5.50. The van der Waals surface area contributed by atoms with E-state index in [1.165, 1.54) is 0 Å². The van der Waals surface area contributed by atoms with Crippen molar-refractivity contribution in [2.45, 2.75) is 6.54 Å². The van der Waals surface area contributed by atoms with Crippen LogP contribution >= 0.6 is 0 Å². The summed E-state index contributed by atoms with van der Waals surface area (Å²) in [7, 11) is 1.77. The Hall–Kier alpha value is -2.63. The smallest absolute Gasteiger partial charge is 0.253 e. The molecule has 0 aliphatic heterocycles. The number of aromatic nitrogens is 4. The van der Waals surface area contributed by atoms with Gasteiger partial charge in [-0.25, -0.2) is 0 Å². The Balaban J connectivity index is 1.82. The van der Waals surface area contributed by atoms with E-state index in [-0.39, 0.29) is 5.91 Å². The Morgan fingerprint density at radius 2 is 2.21 bits per heavy atom. The third-order valence-corrected chi connectivity index (χ3v) is 3.01. The molecule has 0 saturated carbocycles. The van der Waals surface area contributed by atoms with Crippen molar-refractivity contribution in [3.8, 4) is 0 Å². The van der Waals surface area contributed by atoms with E-state index in [2.05, 4.69) is 20.4 Å². The van der Waals surface area contributed by atoms with Crippen LogP contribution in [0.2, 0.25) is 0 Å². The lowest BCUT2D eigenvalue weighted by atomic mass is 10.1. The number of amides is 1. The van der Waals surface area contributed by atoms with E-state index in [4.69, 9.17) is 0 Å². The first kappa shape index (κ1) is 11.5. The summed E-state index contributed by atoms with van der Waals surface area (Å²) in [5.74, 6) is -0.0238. The lowest BCUT2D eigenvalue weighted by Crippen LogP contribution is -2.25. The minimum atomic E-state index is -0.0238. The van der Waals surface area contributed by atoms with Crippen LogP contribution < -0.4 is 0 Å². The molecular weight excluding hydrogens is 242 g/mol. The SMILES string of the molecule is CN(Cc1cn[nH]c1)C(=O)c1ccc2[nH]ncc2c1. The zero-order chi connectivity index (χ0) is 13.2. The van der Waals surface area contributed by atoms with Gasteiger partial charge in [0.05, 0.1) is 17.9 Å². The van der Waals surface area contributed by atoms with Crippen molar-refractivity contribution in [3.05, 3.63) is 47.9 Å². The van der Waals surface area contributed by atoms with Crippen molar-refractivity contribution < 1.29 is 4.79 Å². The van der Waals surface area contributed by atoms with Gasteiger partial charge in [0.25, 0.3) is 5.91 Å². The summed E-state index contributed by atoms with van der Waals surface area (Å²) < 4.78 is 0. The zero-order valence-corrected chi connectivity index (χ0v) is 10.4. The third-order valence-electron chi connectivity index (χ3n) is 3.01. The number of hydrogen-bond donors (Lipinski definition) is 2. The lowest BCUT2D eigenvalue weighted by molar-refractivity contribution is 0.0785. The van der Waals surface area contributed by atoms with Crippen molar-refractivity contribution in [1.82, 2.24) is 25.3 Å². The summed E-state index contributed by atoms with van der Waals surface area (Å²) in [5.41, 5.74) is 2.55. The molecule has 0 aliphatic carbocycles. The highest BCUT2D eigenvalue weighted by Gasteiger charge is 2.13. The van der Waals surface area contributed by atoms with Gasteiger partial charge in [0.1, 0.15) is 0 Å². The summed E-state index contributed by atoms with van der Waals surface area (Å²) in [6.07, 6.45) is 5.20. The van der Waals surface area contributed by atoms with E-state index in [1.54, 1.807) is 36.6 Å². The number of H-pyrrole nitrogens is 2. The largest absolute Gasteiger partial charge is 0.337 e. The molecule has 0 atom stereocenters. The number of hydrogen-bond acceptors (Lipinski definition) is 3. The molecule has 3 rings (SSSR count). The van der Waals surface area contributed by atoms with Crippen LogP contribution in [0.4, 0.5) is 0 Å². The number of fused-ring (bicyclic) bond motifs is 1. The second-order valence-corrected chi connectivity index (χ2v) is 4.44. The second-order valence-electron chi connectivity index (χ2n) is 4.44. The maximum atomic E-state index is 12.3. The molecular formula is C13H13N5O. The van der Waals surface area contributed by atoms with Crippen LogP contribution in [0.3, 0.4) is 0 Å². The molecule has 6 heteroatoms. The number of benzene rings is 1. The Morgan fingerprint density at radius 1 is 1.32 bits per heavy atom.